The summed E-state index contributed by atoms with van der Waals surface area (Å²) in [5.74, 6) is -0.841. The van der Waals surface area contributed by atoms with Crippen molar-refractivity contribution in [2.24, 2.45) is 11.7 Å². The monoisotopic (exact) mass is 311 g/mol. The second-order valence-corrected chi connectivity index (χ2v) is 4.61. The van der Waals surface area contributed by atoms with Gasteiger partial charge in [0.2, 0.25) is 0 Å². The van der Waals surface area contributed by atoms with E-state index in [-0.39, 0.29) is 12.2 Å². The third-order valence-electron chi connectivity index (χ3n) is 2.96. The van der Waals surface area contributed by atoms with E-state index in [1.54, 1.807) is 0 Å². The van der Waals surface area contributed by atoms with Crippen molar-refractivity contribution in [1.82, 2.24) is 0 Å². The molecule has 0 aromatic heterocycles. The fourth-order valence-electron chi connectivity index (χ4n) is 1.12. The molecule has 9 heteroatoms. The number of hydrogen-bond acceptors (Lipinski definition) is 8. The van der Waals surface area contributed by atoms with E-state index >= 15 is 0 Å². The molecule has 0 heterocycles. The Hall–Kier alpha value is -1.10. The number of aliphatic hydroxyl groups is 5. The molecule has 6 atom stereocenters. The fourth-order valence-corrected chi connectivity index (χ4v) is 1.12. The molecule has 0 saturated carbocycles. The van der Waals surface area contributed by atoms with Gasteiger partial charge in [-0.15, -0.1) is 0 Å². The van der Waals surface area contributed by atoms with Crippen LogP contribution >= 0.6 is 0 Å². The Kier molecular flexibility index (Phi) is 12.2. The minimum Gasteiger partial charge on any atom is -0.480 e. The SMILES string of the molecule is CC[C@H](C)[C@H](N)C(=O)O.O=C[C@H](O)[C@@H](O)[C@H](O)[C@H](O)CO. The molecule has 0 aromatic carbocycles. The first-order valence-corrected chi connectivity index (χ1v) is 6.40. The number of carboxylic acids is 1. The molecule has 0 amide bonds. The van der Waals surface area contributed by atoms with Crippen LogP contribution in [0.5, 0.6) is 0 Å². The summed E-state index contributed by atoms with van der Waals surface area (Å²) in [4.78, 5) is 20.1. The van der Waals surface area contributed by atoms with Gasteiger partial charge in [-0.3, -0.25) is 4.79 Å². The van der Waals surface area contributed by atoms with Crippen LogP contribution in [-0.2, 0) is 9.59 Å². The molecule has 0 spiro atoms. The van der Waals surface area contributed by atoms with Crippen molar-refractivity contribution in [3.63, 3.8) is 0 Å². The van der Waals surface area contributed by atoms with Gasteiger partial charge < -0.3 is 41.2 Å². The molecule has 0 bridgehead atoms. The Labute approximate surface area is 122 Å². The molecule has 9 nitrogen and oxygen atoms in total. The molecule has 0 radical (unpaired) electrons. The van der Waals surface area contributed by atoms with Gasteiger partial charge in [-0.2, -0.15) is 0 Å². The van der Waals surface area contributed by atoms with E-state index in [9.17, 15) is 9.59 Å². The lowest BCUT2D eigenvalue weighted by atomic mass is 10.0. The number of carbonyl (C=O) groups is 2. The number of aliphatic carboxylic acids is 1. The zero-order valence-corrected chi connectivity index (χ0v) is 12.0. The Bertz CT molecular complexity index is 301. The molecule has 0 rings (SSSR count). The van der Waals surface area contributed by atoms with Crippen molar-refractivity contribution in [2.45, 2.75) is 50.7 Å². The van der Waals surface area contributed by atoms with Crippen molar-refractivity contribution in [3.05, 3.63) is 0 Å². The molecule has 21 heavy (non-hydrogen) atoms. The summed E-state index contributed by atoms with van der Waals surface area (Å²) in [6.07, 6.45) is -6.03. The van der Waals surface area contributed by atoms with Gasteiger partial charge in [0.05, 0.1) is 6.61 Å². The van der Waals surface area contributed by atoms with Gasteiger partial charge >= 0.3 is 5.97 Å². The van der Waals surface area contributed by atoms with Gasteiger partial charge in [0.25, 0.3) is 0 Å². The van der Waals surface area contributed by atoms with E-state index in [2.05, 4.69) is 0 Å². The predicted molar refractivity (Wildman–Crippen MR) is 72.2 cm³/mol. The number of nitrogens with two attached hydrogens (primary N) is 1. The van der Waals surface area contributed by atoms with E-state index in [1.165, 1.54) is 0 Å². The fraction of sp³-hybridized carbons (Fsp3) is 0.833. The van der Waals surface area contributed by atoms with Gasteiger partial charge in [0.15, 0.2) is 6.29 Å². The lowest BCUT2D eigenvalue weighted by Crippen LogP contribution is -2.46. The molecule has 0 fully saturated rings. The zero-order valence-electron chi connectivity index (χ0n) is 12.0. The van der Waals surface area contributed by atoms with E-state index in [1.807, 2.05) is 13.8 Å². The second kappa shape index (κ2) is 11.5. The van der Waals surface area contributed by atoms with Crippen LogP contribution in [-0.4, -0.2) is 80.0 Å². The smallest absolute Gasteiger partial charge is 0.320 e. The highest BCUT2D eigenvalue weighted by Gasteiger charge is 2.29. The van der Waals surface area contributed by atoms with Crippen molar-refractivity contribution in [3.8, 4) is 0 Å². The average molecular weight is 311 g/mol. The normalized spacial score (nSPS) is 19.2. The van der Waals surface area contributed by atoms with Gasteiger partial charge in [0.1, 0.15) is 30.5 Å². The van der Waals surface area contributed by atoms with Crippen molar-refractivity contribution in [2.75, 3.05) is 6.61 Å². The average Bonchev–Trinajstić information content (AvgIpc) is 2.50. The molecule has 0 aliphatic rings. The summed E-state index contributed by atoms with van der Waals surface area (Å²) in [6, 6.07) is -0.699. The van der Waals surface area contributed by atoms with Crippen LogP contribution in [0.4, 0.5) is 0 Å². The second-order valence-electron chi connectivity index (χ2n) is 4.61. The number of carbonyl (C=O) groups excluding carboxylic acids is 1. The van der Waals surface area contributed by atoms with Crippen LogP contribution in [0.15, 0.2) is 0 Å². The summed E-state index contributed by atoms with van der Waals surface area (Å²) in [6.45, 7) is 3.00. The van der Waals surface area contributed by atoms with Gasteiger partial charge in [0, 0.05) is 0 Å². The van der Waals surface area contributed by atoms with E-state index in [4.69, 9.17) is 36.4 Å². The highest BCUT2D eigenvalue weighted by Crippen LogP contribution is 2.04. The van der Waals surface area contributed by atoms with Crippen LogP contribution in [0.3, 0.4) is 0 Å². The molecule has 0 aliphatic heterocycles. The largest absolute Gasteiger partial charge is 0.480 e. The maximum atomic E-state index is 10.2. The van der Waals surface area contributed by atoms with Crippen LogP contribution in [0, 0.1) is 5.92 Å². The topological polar surface area (TPSA) is 182 Å². The summed E-state index contributed by atoms with van der Waals surface area (Å²) in [7, 11) is 0. The molecule has 126 valence electrons. The standard InChI is InChI=1S/C6H13NO2.C6H12O6/c1-3-4(2)5(7)6(8)9;7-1-3(9)5(11)6(12)4(10)2-8/h4-5H,3,7H2,1-2H3,(H,8,9);1,3-6,8-12H,2H2/t4-,5-;3-,4+,5+,6+/m00/s1. The highest BCUT2D eigenvalue weighted by atomic mass is 16.4. The Morgan fingerprint density at radius 2 is 1.67 bits per heavy atom. The summed E-state index contributed by atoms with van der Waals surface area (Å²) in [5, 5.41) is 51.9. The predicted octanol–water partition coefficient (Wildman–Crippen LogP) is -2.93. The van der Waals surface area contributed by atoms with Crippen LogP contribution in [0.1, 0.15) is 20.3 Å². The summed E-state index contributed by atoms with van der Waals surface area (Å²) < 4.78 is 0. The first kappa shape index (κ1) is 22.2. The minimum atomic E-state index is -1.79. The van der Waals surface area contributed by atoms with Gasteiger partial charge in [-0.25, -0.2) is 0 Å². The van der Waals surface area contributed by atoms with Crippen molar-refractivity contribution < 1.29 is 40.2 Å². The molecule has 8 N–H and O–H groups in total. The summed E-state index contributed by atoms with van der Waals surface area (Å²) >= 11 is 0. The lowest BCUT2D eigenvalue weighted by Gasteiger charge is -2.22. The van der Waals surface area contributed by atoms with E-state index < -0.39 is 43.0 Å². The maximum absolute atomic E-state index is 10.2. The zero-order chi connectivity index (χ0) is 17.2. The molecular formula is C12H25NO8. The summed E-state index contributed by atoms with van der Waals surface area (Å²) in [5.41, 5.74) is 5.27. The van der Waals surface area contributed by atoms with Gasteiger partial charge in [-0.05, 0) is 5.92 Å². The number of aliphatic hydroxyl groups excluding tert-OH is 5. The van der Waals surface area contributed by atoms with Crippen molar-refractivity contribution in [1.29, 1.82) is 0 Å². The quantitative estimate of drug-likeness (QED) is 0.231. The Morgan fingerprint density at radius 1 is 1.19 bits per heavy atom. The number of carboxylic acid groups (broad SMARTS) is 1. The van der Waals surface area contributed by atoms with Crippen LogP contribution < -0.4 is 5.73 Å². The highest BCUT2D eigenvalue weighted by molar-refractivity contribution is 5.73. The Balaban J connectivity index is 0. The molecule has 0 aromatic rings. The number of rotatable bonds is 8. The Morgan fingerprint density at radius 3 is 1.90 bits per heavy atom. The van der Waals surface area contributed by atoms with Gasteiger partial charge in [-0.1, -0.05) is 20.3 Å². The molecule has 0 unspecified atom stereocenters. The third-order valence-corrected chi connectivity index (χ3v) is 2.96. The lowest BCUT2D eigenvalue weighted by molar-refractivity contribution is -0.139. The molecular weight excluding hydrogens is 286 g/mol. The van der Waals surface area contributed by atoms with E-state index in [0.29, 0.717) is 0 Å². The van der Waals surface area contributed by atoms with Crippen molar-refractivity contribution >= 4 is 12.3 Å². The number of aldehydes is 1. The minimum absolute atomic E-state index is 0.0258. The van der Waals surface area contributed by atoms with Crippen LogP contribution in [0.25, 0.3) is 0 Å². The first-order valence-electron chi connectivity index (χ1n) is 6.40. The molecule has 0 saturated heterocycles. The third kappa shape index (κ3) is 8.71. The number of hydrogen-bond donors (Lipinski definition) is 7. The first-order chi connectivity index (χ1) is 9.63. The molecule has 0 aliphatic carbocycles. The maximum Gasteiger partial charge on any atom is 0.320 e. The van der Waals surface area contributed by atoms with Crippen LogP contribution in [0.2, 0.25) is 0 Å². The van der Waals surface area contributed by atoms with E-state index in [0.717, 1.165) is 6.42 Å².